The zero-order chi connectivity index (χ0) is 19.0. The number of benzene rings is 2. The number of amides is 1. The first-order valence-corrected chi connectivity index (χ1v) is 9.98. The molecule has 0 saturated carbocycles. The van der Waals surface area contributed by atoms with Crippen LogP contribution in [-0.2, 0) is 10.2 Å². The van der Waals surface area contributed by atoms with Crippen LogP contribution >= 0.6 is 0 Å². The third-order valence-corrected chi connectivity index (χ3v) is 5.52. The van der Waals surface area contributed by atoms with Crippen molar-refractivity contribution in [3.05, 3.63) is 71.8 Å². The van der Waals surface area contributed by atoms with Crippen LogP contribution in [0.3, 0.4) is 0 Å². The molecule has 0 aromatic heterocycles. The van der Waals surface area contributed by atoms with Gasteiger partial charge in [0.1, 0.15) is 0 Å². The van der Waals surface area contributed by atoms with Crippen molar-refractivity contribution in [2.75, 3.05) is 32.8 Å². The Hall–Kier alpha value is -2.33. The minimum Gasteiger partial charge on any atom is -0.450 e. The normalized spacial score (nSPS) is 14.9. The molecule has 0 radical (unpaired) electrons. The van der Waals surface area contributed by atoms with Gasteiger partial charge in [-0.1, -0.05) is 60.7 Å². The molecule has 1 saturated heterocycles. The van der Waals surface area contributed by atoms with E-state index in [9.17, 15) is 4.79 Å². The zero-order valence-electron chi connectivity index (χ0n) is 16.2. The fourth-order valence-electron chi connectivity index (χ4n) is 4.02. The van der Waals surface area contributed by atoms with Crippen molar-refractivity contribution in [2.24, 2.45) is 0 Å². The maximum Gasteiger partial charge on any atom is 0.407 e. The Morgan fingerprint density at radius 3 is 2.07 bits per heavy atom. The minimum absolute atomic E-state index is 0.280. The monoisotopic (exact) mass is 366 g/mol. The van der Waals surface area contributed by atoms with Crippen molar-refractivity contribution in [3.8, 4) is 0 Å². The number of carbonyl (C=O) groups is 1. The number of hydrogen-bond acceptors (Lipinski definition) is 3. The predicted molar refractivity (Wildman–Crippen MR) is 109 cm³/mol. The summed E-state index contributed by atoms with van der Waals surface area (Å²) in [5, 5.41) is 3.02. The molecule has 1 fully saturated rings. The average Bonchev–Trinajstić information content (AvgIpc) is 3.24. The molecule has 0 bridgehead atoms. The third kappa shape index (κ3) is 4.89. The fourth-order valence-corrected chi connectivity index (χ4v) is 4.02. The van der Waals surface area contributed by atoms with Crippen molar-refractivity contribution in [2.45, 2.75) is 31.6 Å². The highest BCUT2D eigenvalue weighted by atomic mass is 16.5. The Balaban J connectivity index is 1.93. The maximum absolute atomic E-state index is 12.1. The first-order valence-electron chi connectivity index (χ1n) is 9.98. The second kappa shape index (κ2) is 9.56. The van der Waals surface area contributed by atoms with Crippen LogP contribution in [0.25, 0.3) is 0 Å². The van der Waals surface area contributed by atoms with Gasteiger partial charge in [0.2, 0.25) is 0 Å². The summed E-state index contributed by atoms with van der Waals surface area (Å²) in [7, 11) is 0. The van der Waals surface area contributed by atoms with E-state index < -0.39 is 0 Å². The Labute approximate surface area is 162 Å². The largest absolute Gasteiger partial charge is 0.450 e. The van der Waals surface area contributed by atoms with Gasteiger partial charge in [-0.3, -0.25) is 0 Å². The lowest BCUT2D eigenvalue weighted by atomic mass is 9.71. The highest BCUT2D eigenvalue weighted by Gasteiger charge is 2.35. The molecule has 1 amide bonds. The lowest BCUT2D eigenvalue weighted by Gasteiger charge is -2.36. The zero-order valence-corrected chi connectivity index (χ0v) is 16.2. The molecule has 0 unspecified atom stereocenters. The topological polar surface area (TPSA) is 41.6 Å². The summed E-state index contributed by atoms with van der Waals surface area (Å²) < 4.78 is 5.13. The standard InChI is InChI=1S/C23H30N2O2/c1-2-27-22(26)24-19-23(20-11-5-3-6-12-20,21-13-7-4-8-14-21)15-18-25-16-9-10-17-25/h3-8,11-14H,2,9-10,15-19H2,1H3,(H,24,26). The average molecular weight is 367 g/mol. The van der Waals surface area contributed by atoms with Crippen LogP contribution in [0.4, 0.5) is 4.79 Å². The van der Waals surface area contributed by atoms with E-state index >= 15 is 0 Å². The van der Waals surface area contributed by atoms with Gasteiger partial charge in [0.25, 0.3) is 0 Å². The number of rotatable bonds is 8. The first-order chi connectivity index (χ1) is 13.2. The molecular weight excluding hydrogens is 336 g/mol. The van der Waals surface area contributed by atoms with Crippen LogP contribution in [0.5, 0.6) is 0 Å². The summed E-state index contributed by atoms with van der Waals surface area (Å²) in [5.74, 6) is 0. The molecule has 1 aliphatic rings. The van der Waals surface area contributed by atoms with E-state index in [1.54, 1.807) is 0 Å². The van der Waals surface area contributed by atoms with Gasteiger partial charge < -0.3 is 15.0 Å². The molecular formula is C23H30N2O2. The number of nitrogens with zero attached hydrogens (tertiary/aromatic N) is 1. The van der Waals surface area contributed by atoms with Crippen LogP contribution in [0.1, 0.15) is 37.3 Å². The van der Waals surface area contributed by atoms with Gasteiger partial charge in [-0.25, -0.2) is 4.79 Å². The molecule has 4 nitrogen and oxygen atoms in total. The molecule has 0 atom stereocenters. The maximum atomic E-state index is 12.1. The van der Waals surface area contributed by atoms with Crippen LogP contribution in [-0.4, -0.2) is 43.8 Å². The van der Waals surface area contributed by atoms with Crippen molar-refractivity contribution >= 4 is 6.09 Å². The highest BCUT2D eigenvalue weighted by Crippen LogP contribution is 2.36. The summed E-state index contributed by atoms with van der Waals surface area (Å²) in [4.78, 5) is 14.6. The second-order valence-electron chi connectivity index (χ2n) is 7.19. The molecule has 0 aliphatic carbocycles. The SMILES string of the molecule is CCOC(=O)NCC(CCN1CCCC1)(c1ccccc1)c1ccccc1. The van der Waals surface area contributed by atoms with Gasteiger partial charge in [-0.05, 0) is 56.9 Å². The highest BCUT2D eigenvalue weighted by molar-refractivity contribution is 5.67. The van der Waals surface area contributed by atoms with E-state index in [0.29, 0.717) is 13.2 Å². The lowest BCUT2D eigenvalue weighted by Crippen LogP contribution is -2.44. The number of alkyl carbamates (subject to hydrolysis) is 1. The van der Waals surface area contributed by atoms with Crippen molar-refractivity contribution < 1.29 is 9.53 Å². The van der Waals surface area contributed by atoms with E-state index in [1.165, 1.54) is 37.1 Å². The van der Waals surface area contributed by atoms with Gasteiger partial charge in [-0.15, -0.1) is 0 Å². The second-order valence-corrected chi connectivity index (χ2v) is 7.19. The van der Waals surface area contributed by atoms with Crippen molar-refractivity contribution in [1.29, 1.82) is 0 Å². The molecule has 0 spiro atoms. The van der Waals surface area contributed by atoms with Crippen molar-refractivity contribution in [3.63, 3.8) is 0 Å². The van der Waals surface area contributed by atoms with E-state index in [-0.39, 0.29) is 11.5 Å². The Kier molecular flexibility index (Phi) is 6.88. The lowest BCUT2D eigenvalue weighted by molar-refractivity contribution is 0.149. The first kappa shape index (κ1) is 19.4. The van der Waals surface area contributed by atoms with Crippen LogP contribution in [0, 0.1) is 0 Å². The predicted octanol–water partition coefficient (Wildman–Crippen LogP) is 4.20. The molecule has 144 valence electrons. The number of ether oxygens (including phenoxy) is 1. The summed E-state index contributed by atoms with van der Waals surface area (Å²) in [5.41, 5.74) is 2.18. The van der Waals surface area contributed by atoms with E-state index in [4.69, 9.17) is 4.74 Å². The van der Waals surface area contributed by atoms with E-state index in [2.05, 4.69) is 58.7 Å². The minimum atomic E-state index is -0.352. The smallest absolute Gasteiger partial charge is 0.407 e. The molecule has 1 aliphatic heterocycles. The van der Waals surface area contributed by atoms with Crippen LogP contribution in [0.2, 0.25) is 0 Å². The van der Waals surface area contributed by atoms with E-state index in [0.717, 1.165) is 13.0 Å². The molecule has 1 heterocycles. The number of carbonyl (C=O) groups excluding carboxylic acids is 1. The number of likely N-dealkylation sites (tertiary alicyclic amines) is 1. The van der Waals surface area contributed by atoms with Gasteiger partial charge in [0.05, 0.1) is 6.61 Å². The fraction of sp³-hybridized carbons (Fsp3) is 0.435. The molecule has 27 heavy (non-hydrogen) atoms. The molecule has 4 heteroatoms. The van der Waals surface area contributed by atoms with Gasteiger partial charge >= 0.3 is 6.09 Å². The molecule has 2 aromatic rings. The van der Waals surface area contributed by atoms with Crippen LogP contribution < -0.4 is 5.32 Å². The number of nitrogens with one attached hydrogen (secondary N) is 1. The summed E-state index contributed by atoms with van der Waals surface area (Å²) >= 11 is 0. The summed E-state index contributed by atoms with van der Waals surface area (Å²) in [6.45, 7) is 6.09. The number of hydrogen-bond donors (Lipinski definition) is 1. The van der Waals surface area contributed by atoms with Gasteiger partial charge in [0.15, 0.2) is 0 Å². The molecule has 2 aromatic carbocycles. The summed E-state index contributed by atoms with van der Waals surface area (Å²) in [6, 6.07) is 21.1. The van der Waals surface area contributed by atoms with Crippen molar-refractivity contribution in [1.82, 2.24) is 10.2 Å². The Morgan fingerprint density at radius 1 is 1.00 bits per heavy atom. The van der Waals surface area contributed by atoms with Gasteiger partial charge in [0, 0.05) is 12.0 Å². The Morgan fingerprint density at radius 2 is 1.56 bits per heavy atom. The van der Waals surface area contributed by atoms with Crippen LogP contribution in [0.15, 0.2) is 60.7 Å². The molecule has 3 rings (SSSR count). The van der Waals surface area contributed by atoms with E-state index in [1.807, 2.05) is 19.1 Å². The van der Waals surface area contributed by atoms with Gasteiger partial charge in [-0.2, -0.15) is 0 Å². The summed E-state index contributed by atoms with van der Waals surface area (Å²) in [6.07, 6.45) is 3.16. The third-order valence-electron chi connectivity index (χ3n) is 5.52. The molecule has 1 N–H and O–H groups in total. The Bertz CT molecular complexity index is 657. The quantitative estimate of drug-likeness (QED) is 0.761.